The molecule has 1 atom stereocenters. The van der Waals surface area contributed by atoms with Gasteiger partial charge < -0.3 is 10.6 Å². The summed E-state index contributed by atoms with van der Waals surface area (Å²) >= 11 is 0. The Morgan fingerprint density at radius 3 is 2.65 bits per heavy atom. The number of hydrogen-bond donors (Lipinski definition) is 3. The average Bonchev–Trinajstić information content (AvgIpc) is 2.15. The Labute approximate surface area is 105 Å². The van der Waals surface area contributed by atoms with Crippen LogP contribution in [0.15, 0.2) is 0 Å². The van der Waals surface area contributed by atoms with Crippen molar-refractivity contribution in [1.29, 1.82) is 0 Å². The van der Waals surface area contributed by atoms with Crippen LogP contribution in [0.4, 0.5) is 0 Å². The van der Waals surface area contributed by atoms with Gasteiger partial charge in [0.1, 0.15) is 0 Å². The van der Waals surface area contributed by atoms with Crippen LogP contribution < -0.4 is 15.4 Å². The first-order valence-electron chi connectivity index (χ1n) is 6.19. The molecule has 1 heterocycles. The van der Waals surface area contributed by atoms with E-state index in [1.54, 1.807) is 0 Å². The molecule has 0 aliphatic carbocycles. The van der Waals surface area contributed by atoms with Crippen LogP contribution in [0.2, 0.25) is 0 Å². The molecule has 5 nitrogen and oxygen atoms in total. The molecule has 0 aromatic rings. The Morgan fingerprint density at radius 1 is 1.41 bits per heavy atom. The molecular weight excluding hydrogens is 238 g/mol. The first-order chi connectivity index (χ1) is 7.79. The monoisotopic (exact) mass is 263 g/mol. The molecule has 1 fully saturated rings. The van der Waals surface area contributed by atoms with Crippen LogP contribution in [0.3, 0.4) is 0 Å². The summed E-state index contributed by atoms with van der Waals surface area (Å²) in [6.45, 7) is 7.56. The summed E-state index contributed by atoms with van der Waals surface area (Å²) in [5.41, 5.74) is -0.435. The van der Waals surface area contributed by atoms with Crippen LogP contribution in [0.25, 0.3) is 0 Å². The summed E-state index contributed by atoms with van der Waals surface area (Å²) in [7, 11) is -3.14. The lowest BCUT2D eigenvalue weighted by atomic mass is 9.99. The van der Waals surface area contributed by atoms with Gasteiger partial charge in [-0.2, -0.15) is 0 Å². The molecule has 1 aliphatic rings. The lowest BCUT2D eigenvalue weighted by Crippen LogP contribution is -2.51. The maximum Gasteiger partial charge on any atom is 0.209 e. The van der Waals surface area contributed by atoms with Gasteiger partial charge in [-0.05, 0) is 52.2 Å². The van der Waals surface area contributed by atoms with Gasteiger partial charge in [0.15, 0.2) is 0 Å². The molecule has 0 bridgehead atoms. The highest BCUT2D eigenvalue weighted by molar-refractivity contribution is 7.88. The third-order valence-electron chi connectivity index (χ3n) is 2.86. The van der Waals surface area contributed by atoms with Crippen LogP contribution in [0.5, 0.6) is 0 Å². The lowest BCUT2D eigenvalue weighted by molar-refractivity contribution is 0.339. The Hall–Kier alpha value is -0.170. The van der Waals surface area contributed by atoms with Crippen molar-refractivity contribution >= 4 is 10.0 Å². The Kier molecular flexibility index (Phi) is 5.37. The summed E-state index contributed by atoms with van der Waals surface area (Å²) in [6, 6.07) is 0. The van der Waals surface area contributed by atoms with Crippen LogP contribution in [0, 0.1) is 5.92 Å². The SMILES string of the molecule is CC(C)(CNCC1CCCNC1)NS(C)(=O)=O. The molecular formula is C11H25N3O2S. The van der Waals surface area contributed by atoms with Crippen molar-refractivity contribution in [2.45, 2.75) is 32.2 Å². The van der Waals surface area contributed by atoms with E-state index >= 15 is 0 Å². The summed E-state index contributed by atoms with van der Waals surface area (Å²) in [5, 5.41) is 6.72. The Morgan fingerprint density at radius 2 is 2.12 bits per heavy atom. The lowest BCUT2D eigenvalue weighted by Gasteiger charge is -2.28. The maximum atomic E-state index is 11.2. The van der Waals surface area contributed by atoms with E-state index in [0.717, 1.165) is 19.6 Å². The fourth-order valence-corrected chi connectivity index (χ4v) is 3.30. The summed E-state index contributed by atoms with van der Waals surface area (Å²) < 4.78 is 25.0. The molecule has 0 aromatic carbocycles. The van der Waals surface area contributed by atoms with Crippen molar-refractivity contribution in [3.05, 3.63) is 0 Å². The maximum absolute atomic E-state index is 11.2. The molecule has 1 aliphatic heterocycles. The van der Waals surface area contributed by atoms with Gasteiger partial charge in [-0.15, -0.1) is 0 Å². The molecule has 0 aromatic heterocycles. The first kappa shape index (κ1) is 14.9. The minimum absolute atomic E-state index is 0.435. The van der Waals surface area contributed by atoms with Gasteiger partial charge in [-0.1, -0.05) is 0 Å². The van der Waals surface area contributed by atoms with Gasteiger partial charge in [0.2, 0.25) is 10.0 Å². The van der Waals surface area contributed by atoms with Gasteiger partial charge in [-0.25, -0.2) is 13.1 Å². The summed E-state index contributed by atoms with van der Waals surface area (Å²) in [4.78, 5) is 0. The fourth-order valence-electron chi connectivity index (χ4n) is 2.22. The molecule has 0 radical (unpaired) electrons. The quantitative estimate of drug-likeness (QED) is 0.626. The van der Waals surface area contributed by atoms with E-state index in [9.17, 15) is 8.42 Å². The normalized spacial score (nSPS) is 22.6. The van der Waals surface area contributed by atoms with E-state index in [-0.39, 0.29) is 0 Å². The molecule has 1 rings (SSSR count). The minimum Gasteiger partial charge on any atom is -0.316 e. The molecule has 102 valence electrons. The molecule has 3 N–H and O–H groups in total. The smallest absolute Gasteiger partial charge is 0.209 e. The second-order valence-electron chi connectivity index (χ2n) is 5.60. The van der Waals surface area contributed by atoms with Crippen LogP contribution in [-0.4, -0.2) is 46.4 Å². The molecule has 1 saturated heterocycles. The standard InChI is InChI=1S/C11H25N3O2S/c1-11(2,14-17(3,15)16)9-13-8-10-5-4-6-12-7-10/h10,12-14H,4-9H2,1-3H3. The predicted octanol–water partition coefficient (Wildman–Crippen LogP) is -0.0966. The van der Waals surface area contributed by atoms with Gasteiger partial charge >= 0.3 is 0 Å². The van der Waals surface area contributed by atoms with Gasteiger partial charge in [0.25, 0.3) is 0 Å². The van der Waals surface area contributed by atoms with E-state index in [1.807, 2.05) is 13.8 Å². The number of piperidine rings is 1. The third-order valence-corrected chi connectivity index (χ3v) is 3.78. The van der Waals surface area contributed by atoms with Gasteiger partial charge in [0, 0.05) is 12.1 Å². The summed E-state index contributed by atoms with van der Waals surface area (Å²) in [5.74, 6) is 0.665. The zero-order chi connectivity index (χ0) is 12.9. The second-order valence-corrected chi connectivity index (χ2v) is 7.35. The second kappa shape index (κ2) is 6.13. The third kappa shape index (κ3) is 6.98. The van der Waals surface area contributed by atoms with Gasteiger partial charge in [-0.3, -0.25) is 0 Å². The molecule has 6 heteroatoms. The molecule has 0 saturated carbocycles. The van der Waals surface area contributed by atoms with Crippen molar-refractivity contribution < 1.29 is 8.42 Å². The predicted molar refractivity (Wildman–Crippen MR) is 70.5 cm³/mol. The van der Waals surface area contributed by atoms with Crippen LogP contribution in [-0.2, 0) is 10.0 Å². The van der Waals surface area contributed by atoms with E-state index in [0.29, 0.717) is 12.5 Å². The fraction of sp³-hybridized carbons (Fsp3) is 1.00. The van der Waals surface area contributed by atoms with E-state index < -0.39 is 15.6 Å². The number of hydrogen-bond acceptors (Lipinski definition) is 4. The molecule has 17 heavy (non-hydrogen) atoms. The van der Waals surface area contributed by atoms with Crippen molar-refractivity contribution in [2.24, 2.45) is 5.92 Å². The average molecular weight is 263 g/mol. The highest BCUT2D eigenvalue weighted by Crippen LogP contribution is 2.09. The van der Waals surface area contributed by atoms with E-state index in [1.165, 1.54) is 19.1 Å². The van der Waals surface area contributed by atoms with Crippen LogP contribution >= 0.6 is 0 Å². The van der Waals surface area contributed by atoms with Crippen molar-refractivity contribution in [2.75, 3.05) is 32.4 Å². The van der Waals surface area contributed by atoms with E-state index in [4.69, 9.17) is 0 Å². The molecule has 0 spiro atoms. The largest absolute Gasteiger partial charge is 0.316 e. The first-order valence-corrected chi connectivity index (χ1v) is 8.08. The topological polar surface area (TPSA) is 70.2 Å². The minimum atomic E-state index is -3.14. The highest BCUT2D eigenvalue weighted by atomic mass is 32.2. The number of rotatable bonds is 6. The molecule has 0 amide bonds. The Balaban J connectivity index is 2.24. The van der Waals surface area contributed by atoms with E-state index in [2.05, 4.69) is 15.4 Å². The molecule has 1 unspecified atom stereocenters. The zero-order valence-electron chi connectivity index (χ0n) is 11.0. The van der Waals surface area contributed by atoms with Crippen molar-refractivity contribution in [3.8, 4) is 0 Å². The van der Waals surface area contributed by atoms with Crippen LogP contribution in [0.1, 0.15) is 26.7 Å². The summed E-state index contributed by atoms with van der Waals surface area (Å²) in [6.07, 6.45) is 3.68. The zero-order valence-corrected chi connectivity index (χ0v) is 11.9. The number of sulfonamides is 1. The van der Waals surface area contributed by atoms with Crippen molar-refractivity contribution in [3.63, 3.8) is 0 Å². The van der Waals surface area contributed by atoms with Crippen molar-refractivity contribution in [1.82, 2.24) is 15.4 Å². The highest BCUT2D eigenvalue weighted by Gasteiger charge is 2.22. The number of nitrogens with one attached hydrogen (secondary N) is 3. The Bertz CT molecular complexity index is 322. The van der Waals surface area contributed by atoms with Gasteiger partial charge in [0.05, 0.1) is 6.26 Å².